The van der Waals surface area contributed by atoms with E-state index in [1.165, 1.54) is 11.1 Å². The molecule has 1 fully saturated rings. The summed E-state index contributed by atoms with van der Waals surface area (Å²) in [5, 5.41) is 9.46. The molecule has 1 aliphatic rings. The van der Waals surface area contributed by atoms with Crippen LogP contribution in [0.25, 0.3) is 44.6 Å². The summed E-state index contributed by atoms with van der Waals surface area (Å²) in [5.41, 5.74) is 8.46. The molecule has 1 N–H and O–H groups in total. The number of carbonyl (C=O) groups is 1. The summed E-state index contributed by atoms with van der Waals surface area (Å²) < 4.78 is 2.43. The molecule has 7 rings (SSSR count). The highest BCUT2D eigenvalue weighted by atomic mass is 16.4. The zero-order valence-corrected chi connectivity index (χ0v) is 23.4. The molecule has 0 bridgehead atoms. The lowest BCUT2D eigenvalue weighted by atomic mass is 10.0. The Labute approximate surface area is 244 Å². The molecule has 7 heteroatoms. The molecule has 0 spiro atoms. The number of aromatic nitrogens is 4. The van der Waals surface area contributed by atoms with Crippen LogP contribution in [0.15, 0.2) is 97.1 Å². The maximum atomic E-state index is 11.5. The van der Waals surface area contributed by atoms with Gasteiger partial charge in [0.1, 0.15) is 5.82 Å². The van der Waals surface area contributed by atoms with E-state index in [1.807, 2.05) is 30.3 Å². The molecule has 4 aromatic carbocycles. The molecule has 0 radical (unpaired) electrons. The number of aromatic carboxylic acids is 1. The van der Waals surface area contributed by atoms with Crippen molar-refractivity contribution in [2.75, 3.05) is 13.1 Å². The molecule has 0 amide bonds. The summed E-state index contributed by atoms with van der Waals surface area (Å²) in [4.78, 5) is 28.7. The number of para-hydroxylation sites is 2. The zero-order chi connectivity index (χ0) is 28.6. The lowest BCUT2D eigenvalue weighted by Crippen LogP contribution is -2.34. The first-order chi connectivity index (χ1) is 20.5. The van der Waals surface area contributed by atoms with E-state index in [4.69, 9.17) is 15.0 Å². The average Bonchev–Trinajstić information content (AvgIpc) is 3.37. The molecule has 208 valence electrons. The van der Waals surface area contributed by atoms with E-state index in [9.17, 15) is 9.90 Å². The van der Waals surface area contributed by atoms with Gasteiger partial charge in [0, 0.05) is 36.8 Å². The minimum absolute atomic E-state index is 0.199. The van der Waals surface area contributed by atoms with Gasteiger partial charge in [-0.2, -0.15) is 0 Å². The minimum atomic E-state index is -0.978. The van der Waals surface area contributed by atoms with Crippen LogP contribution in [-0.4, -0.2) is 48.6 Å². The fourth-order valence-electron chi connectivity index (χ4n) is 6.17. The van der Waals surface area contributed by atoms with Gasteiger partial charge < -0.3 is 9.67 Å². The minimum Gasteiger partial charge on any atom is -0.478 e. The largest absolute Gasteiger partial charge is 0.478 e. The number of aryl methyl sites for hydroxylation is 1. The van der Waals surface area contributed by atoms with Gasteiger partial charge in [-0.15, -0.1) is 0 Å². The number of rotatable bonds is 6. The van der Waals surface area contributed by atoms with Crippen molar-refractivity contribution in [3.8, 4) is 22.5 Å². The normalized spacial score (nSPS) is 14.5. The van der Waals surface area contributed by atoms with Crippen LogP contribution in [-0.2, 0) is 6.54 Å². The number of hydrogen-bond donors (Lipinski definition) is 1. The van der Waals surface area contributed by atoms with Crippen molar-refractivity contribution >= 4 is 28.0 Å². The highest BCUT2D eigenvalue weighted by molar-refractivity contribution is 5.94. The van der Waals surface area contributed by atoms with Gasteiger partial charge in [0.15, 0.2) is 0 Å². The summed E-state index contributed by atoms with van der Waals surface area (Å²) in [6.07, 6.45) is 2.21. The van der Waals surface area contributed by atoms with Gasteiger partial charge in [0.2, 0.25) is 0 Å². The average molecular weight is 554 g/mol. The van der Waals surface area contributed by atoms with Crippen molar-refractivity contribution < 1.29 is 9.90 Å². The van der Waals surface area contributed by atoms with Crippen molar-refractivity contribution in [2.24, 2.45) is 0 Å². The van der Waals surface area contributed by atoms with E-state index >= 15 is 0 Å². The first kappa shape index (κ1) is 26.0. The van der Waals surface area contributed by atoms with Crippen molar-refractivity contribution in [1.29, 1.82) is 0 Å². The number of fused-ring (bicyclic) bond motifs is 2. The molecule has 42 heavy (non-hydrogen) atoms. The SMILES string of the molecule is Cc1nc2ccccc2n1C1CCN(Cc2ccc(-c3nc4ccc(C(=O)O)cc4nc3-c3ccccc3)cc2)CC1. The Morgan fingerprint density at radius 3 is 2.17 bits per heavy atom. The number of piperidine rings is 1. The monoisotopic (exact) mass is 553 g/mol. The van der Waals surface area contributed by atoms with Gasteiger partial charge in [0.25, 0.3) is 0 Å². The standard InChI is InChI=1S/C35H31N5O2/c1-23-36-30-9-5-6-10-32(30)40(23)28-17-19-39(20-18-28)22-24-11-13-26(14-12-24)34-33(25-7-3-2-4-8-25)38-31-21-27(35(41)42)15-16-29(31)37-34/h2-16,21,28H,17-20,22H2,1H3,(H,41,42). The number of carboxylic acid groups (broad SMARTS) is 1. The van der Waals surface area contributed by atoms with Gasteiger partial charge in [-0.1, -0.05) is 66.7 Å². The molecular weight excluding hydrogens is 522 g/mol. The van der Waals surface area contributed by atoms with Crippen LogP contribution >= 0.6 is 0 Å². The molecule has 1 aliphatic heterocycles. The number of carboxylic acids is 1. The number of imidazole rings is 1. The van der Waals surface area contributed by atoms with Crippen molar-refractivity contribution in [2.45, 2.75) is 32.4 Å². The molecule has 0 unspecified atom stereocenters. The van der Waals surface area contributed by atoms with Gasteiger partial charge in [-0.3, -0.25) is 4.90 Å². The smallest absolute Gasteiger partial charge is 0.335 e. The molecular formula is C35H31N5O2. The molecule has 3 heterocycles. The Kier molecular flexibility index (Phi) is 6.72. The third-order valence-corrected chi connectivity index (χ3v) is 8.29. The van der Waals surface area contributed by atoms with Gasteiger partial charge in [0.05, 0.1) is 39.0 Å². The fraction of sp³-hybridized carbons (Fsp3) is 0.200. The summed E-state index contributed by atoms with van der Waals surface area (Å²) in [5.74, 6) is 0.119. The Morgan fingerprint density at radius 2 is 1.43 bits per heavy atom. The second-order valence-electron chi connectivity index (χ2n) is 11.0. The van der Waals surface area contributed by atoms with Crippen LogP contribution < -0.4 is 0 Å². The first-order valence-corrected chi connectivity index (χ1v) is 14.4. The molecule has 0 saturated carbocycles. The van der Waals surface area contributed by atoms with Gasteiger partial charge in [-0.25, -0.2) is 19.7 Å². The van der Waals surface area contributed by atoms with Gasteiger partial charge in [-0.05, 0) is 55.7 Å². The van der Waals surface area contributed by atoms with Crippen molar-refractivity contribution in [3.05, 3.63) is 114 Å². The van der Waals surface area contributed by atoms with Crippen LogP contribution in [0.5, 0.6) is 0 Å². The quantitative estimate of drug-likeness (QED) is 0.236. The lowest BCUT2D eigenvalue weighted by Gasteiger charge is -2.33. The van der Waals surface area contributed by atoms with Crippen LogP contribution in [0.2, 0.25) is 0 Å². The lowest BCUT2D eigenvalue weighted by molar-refractivity contribution is 0.0697. The van der Waals surface area contributed by atoms with Gasteiger partial charge >= 0.3 is 5.97 Å². The van der Waals surface area contributed by atoms with Crippen LogP contribution in [0.3, 0.4) is 0 Å². The second kappa shape index (κ2) is 10.8. The summed E-state index contributed by atoms with van der Waals surface area (Å²) in [6.45, 7) is 5.11. The van der Waals surface area contributed by atoms with Crippen LogP contribution in [0, 0.1) is 6.92 Å². The van der Waals surface area contributed by atoms with Crippen molar-refractivity contribution in [1.82, 2.24) is 24.4 Å². The maximum Gasteiger partial charge on any atom is 0.335 e. The highest BCUT2D eigenvalue weighted by Crippen LogP contribution is 2.32. The van der Waals surface area contributed by atoms with Crippen LogP contribution in [0.1, 0.15) is 40.6 Å². The first-order valence-electron chi connectivity index (χ1n) is 14.4. The Hall–Kier alpha value is -4.88. The van der Waals surface area contributed by atoms with E-state index in [2.05, 4.69) is 64.9 Å². The third kappa shape index (κ3) is 4.92. The Morgan fingerprint density at radius 1 is 0.762 bits per heavy atom. The van der Waals surface area contributed by atoms with E-state index < -0.39 is 5.97 Å². The van der Waals surface area contributed by atoms with E-state index in [1.54, 1.807) is 18.2 Å². The molecule has 6 aromatic rings. The number of benzene rings is 4. The molecule has 2 aromatic heterocycles. The third-order valence-electron chi connectivity index (χ3n) is 8.29. The molecule has 0 aliphatic carbocycles. The van der Waals surface area contributed by atoms with E-state index in [0.29, 0.717) is 17.1 Å². The second-order valence-corrected chi connectivity index (χ2v) is 11.0. The Balaban J connectivity index is 1.11. The van der Waals surface area contributed by atoms with E-state index in [-0.39, 0.29) is 5.56 Å². The predicted molar refractivity (Wildman–Crippen MR) is 165 cm³/mol. The molecule has 1 saturated heterocycles. The topological polar surface area (TPSA) is 84.1 Å². The summed E-state index contributed by atoms with van der Waals surface area (Å²) in [7, 11) is 0. The number of nitrogens with zero attached hydrogens (tertiary/aromatic N) is 5. The molecule has 7 nitrogen and oxygen atoms in total. The molecule has 0 atom stereocenters. The summed E-state index contributed by atoms with van der Waals surface area (Å²) in [6, 6.07) is 32.3. The van der Waals surface area contributed by atoms with Crippen molar-refractivity contribution in [3.63, 3.8) is 0 Å². The Bertz CT molecular complexity index is 1910. The number of likely N-dealkylation sites (tertiary alicyclic amines) is 1. The van der Waals surface area contributed by atoms with Crippen LogP contribution in [0.4, 0.5) is 0 Å². The predicted octanol–water partition coefficient (Wildman–Crippen LogP) is 7.16. The number of hydrogen-bond acceptors (Lipinski definition) is 5. The highest BCUT2D eigenvalue weighted by Gasteiger charge is 2.23. The fourth-order valence-corrected chi connectivity index (χ4v) is 6.17. The summed E-state index contributed by atoms with van der Waals surface area (Å²) >= 11 is 0. The van der Waals surface area contributed by atoms with E-state index in [0.717, 1.165) is 66.3 Å². The zero-order valence-electron chi connectivity index (χ0n) is 23.4. The maximum absolute atomic E-state index is 11.5.